The van der Waals surface area contributed by atoms with E-state index in [1.54, 1.807) is 0 Å². The molecule has 1 aliphatic heterocycles. The van der Waals surface area contributed by atoms with Gasteiger partial charge in [-0.05, 0) is 38.3 Å². The van der Waals surface area contributed by atoms with Crippen LogP contribution in [0, 0.1) is 0 Å². The van der Waals surface area contributed by atoms with Crippen LogP contribution in [0.4, 0.5) is 5.69 Å². The van der Waals surface area contributed by atoms with E-state index in [1.165, 1.54) is 6.42 Å². The Kier molecular flexibility index (Phi) is 5.71. The molecule has 2 rings (SSSR count). The number of carbonyl (C=O) groups excluding carboxylic acids is 1. The van der Waals surface area contributed by atoms with Crippen molar-refractivity contribution in [1.82, 2.24) is 4.90 Å². The van der Waals surface area contributed by atoms with E-state index >= 15 is 0 Å². The molecule has 4 nitrogen and oxygen atoms in total. The molecule has 0 atom stereocenters. The smallest absolute Gasteiger partial charge is 0.224 e. The SMILES string of the molecule is CCOc1ccccc1NCCC(=O)N1CCCCC1. The zero-order valence-corrected chi connectivity index (χ0v) is 12.2. The summed E-state index contributed by atoms with van der Waals surface area (Å²) in [5.74, 6) is 1.10. The van der Waals surface area contributed by atoms with Gasteiger partial charge in [-0.3, -0.25) is 4.79 Å². The molecule has 1 fully saturated rings. The van der Waals surface area contributed by atoms with Gasteiger partial charge in [-0.1, -0.05) is 12.1 Å². The van der Waals surface area contributed by atoms with Crippen molar-refractivity contribution in [1.29, 1.82) is 0 Å². The minimum Gasteiger partial charge on any atom is -0.492 e. The van der Waals surface area contributed by atoms with Crippen LogP contribution in [0.2, 0.25) is 0 Å². The monoisotopic (exact) mass is 276 g/mol. The Morgan fingerprint density at radius 1 is 1.25 bits per heavy atom. The van der Waals surface area contributed by atoms with Crippen molar-refractivity contribution < 1.29 is 9.53 Å². The molecule has 1 amide bonds. The van der Waals surface area contributed by atoms with Crippen LogP contribution in [0.25, 0.3) is 0 Å². The highest BCUT2D eigenvalue weighted by molar-refractivity contribution is 5.77. The Morgan fingerprint density at radius 2 is 2.00 bits per heavy atom. The highest BCUT2D eigenvalue weighted by atomic mass is 16.5. The molecule has 0 spiro atoms. The molecule has 0 bridgehead atoms. The van der Waals surface area contributed by atoms with Gasteiger partial charge in [0.1, 0.15) is 5.75 Å². The Labute approximate surface area is 121 Å². The predicted molar refractivity (Wildman–Crippen MR) is 81.1 cm³/mol. The van der Waals surface area contributed by atoms with Gasteiger partial charge in [0.25, 0.3) is 0 Å². The molecule has 1 N–H and O–H groups in total. The number of carbonyl (C=O) groups is 1. The lowest BCUT2D eigenvalue weighted by Gasteiger charge is -2.26. The Balaban J connectivity index is 1.79. The molecule has 20 heavy (non-hydrogen) atoms. The summed E-state index contributed by atoms with van der Waals surface area (Å²) in [4.78, 5) is 14.0. The summed E-state index contributed by atoms with van der Waals surface area (Å²) in [5, 5.41) is 3.30. The summed E-state index contributed by atoms with van der Waals surface area (Å²) in [6.45, 7) is 5.12. The minimum atomic E-state index is 0.256. The number of hydrogen-bond donors (Lipinski definition) is 1. The van der Waals surface area contributed by atoms with Crippen molar-refractivity contribution in [2.45, 2.75) is 32.6 Å². The molecule has 0 aliphatic carbocycles. The second-order valence-electron chi connectivity index (χ2n) is 5.05. The first-order valence-corrected chi connectivity index (χ1v) is 7.54. The van der Waals surface area contributed by atoms with Crippen LogP contribution in [-0.2, 0) is 4.79 Å². The zero-order valence-electron chi connectivity index (χ0n) is 12.2. The lowest BCUT2D eigenvalue weighted by atomic mass is 10.1. The van der Waals surface area contributed by atoms with Crippen LogP contribution < -0.4 is 10.1 Å². The van der Waals surface area contributed by atoms with E-state index in [2.05, 4.69) is 5.32 Å². The van der Waals surface area contributed by atoms with Crippen molar-refractivity contribution in [2.75, 3.05) is 31.6 Å². The van der Waals surface area contributed by atoms with E-state index in [4.69, 9.17) is 4.74 Å². The number of para-hydroxylation sites is 2. The van der Waals surface area contributed by atoms with Gasteiger partial charge in [0.05, 0.1) is 12.3 Å². The van der Waals surface area contributed by atoms with Gasteiger partial charge in [-0.25, -0.2) is 0 Å². The van der Waals surface area contributed by atoms with Gasteiger partial charge in [-0.2, -0.15) is 0 Å². The van der Waals surface area contributed by atoms with Crippen LogP contribution in [0.5, 0.6) is 5.75 Å². The number of nitrogens with one attached hydrogen (secondary N) is 1. The Hall–Kier alpha value is -1.71. The van der Waals surface area contributed by atoms with Gasteiger partial charge >= 0.3 is 0 Å². The van der Waals surface area contributed by atoms with Crippen LogP contribution in [0.15, 0.2) is 24.3 Å². The standard InChI is InChI=1S/C16H24N2O2/c1-2-20-15-9-5-4-8-14(15)17-11-10-16(19)18-12-6-3-7-13-18/h4-5,8-9,17H,2-3,6-7,10-13H2,1H3. The van der Waals surface area contributed by atoms with Crippen molar-refractivity contribution in [3.05, 3.63) is 24.3 Å². The molecule has 0 unspecified atom stereocenters. The van der Waals surface area contributed by atoms with E-state index in [0.29, 0.717) is 19.6 Å². The number of amides is 1. The fourth-order valence-corrected chi connectivity index (χ4v) is 2.50. The summed E-state index contributed by atoms with van der Waals surface area (Å²) >= 11 is 0. The second-order valence-corrected chi connectivity index (χ2v) is 5.05. The molecular formula is C16H24N2O2. The highest BCUT2D eigenvalue weighted by Crippen LogP contribution is 2.23. The molecule has 0 radical (unpaired) electrons. The fourth-order valence-electron chi connectivity index (χ4n) is 2.50. The molecule has 0 saturated carbocycles. The maximum atomic E-state index is 12.1. The van der Waals surface area contributed by atoms with E-state index in [1.807, 2.05) is 36.1 Å². The van der Waals surface area contributed by atoms with Crippen molar-refractivity contribution in [3.63, 3.8) is 0 Å². The Bertz CT molecular complexity index is 428. The molecule has 1 saturated heterocycles. The third-order valence-corrected chi connectivity index (χ3v) is 3.55. The summed E-state index contributed by atoms with van der Waals surface area (Å²) < 4.78 is 5.55. The molecule has 0 aromatic heterocycles. The maximum Gasteiger partial charge on any atom is 0.224 e. The number of nitrogens with zero attached hydrogens (tertiary/aromatic N) is 1. The molecule has 1 aromatic rings. The average molecular weight is 276 g/mol. The largest absolute Gasteiger partial charge is 0.492 e. The third-order valence-electron chi connectivity index (χ3n) is 3.55. The lowest BCUT2D eigenvalue weighted by molar-refractivity contribution is -0.131. The summed E-state index contributed by atoms with van der Waals surface area (Å²) in [7, 11) is 0. The van der Waals surface area contributed by atoms with Gasteiger partial charge in [0, 0.05) is 26.1 Å². The molecular weight excluding hydrogens is 252 g/mol. The first-order chi connectivity index (χ1) is 9.81. The van der Waals surface area contributed by atoms with Gasteiger partial charge < -0.3 is 15.0 Å². The van der Waals surface area contributed by atoms with Crippen LogP contribution in [0.3, 0.4) is 0 Å². The summed E-state index contributed by atoms with van der Waals surface area (Å²) in [6.07, 6.45) is 4.09. The molecule has 1 aliphatic rings. The highest BCUT2D eigenvalue weighted by Gasteiger charge is 2.15. The maximum absolute atomic E-state index is 12.1. The fraction of sp³-hybridized carbons (Fsp3) is 0.562. The number of hydrogen-bond acceptors (Lipinski definition) is 3. The molecule has 1 heterocycles. The minimum absolute atomic E-state index is 0.256. The van der Waals surface area contributed by atoms with E-state index in [0.717, 1.165) is 37.4 Å². The number of benzene rings is 1. The number of ether oxygens (including phenoxy) is 1. The number of piperidine rings is 1. The first kappa shape index (κ1) is 14.7. The van der Waals surface area contributed by atoms with E-state index in [-0.39, 0.29) is 5.91 Å². The van der Waals surface area contributed by atoms with Crippen molar-refractivity contribution in [3.8, 4) is 5.75 Å². The van der Waals surface area contributed by atoms with Crippen molar-refractivity contribution >= 4 is 11.6 Å². The zero-order chi connectivity index (χ0) is 14.2. The number of likely N-dealkylation sites (tertiary alicyclic amines) is 1. The van der Waals surface area contributed by atoms with Crippen molar-refractivity contribution in [2.24, 2.45) is 0 Å². The van der Waals surface area contributed by atoms with E-state index in [9.17, 15) is 4.79 Å². The van der Waals surface area contributed by atoms with Gasteiger partial charge in [0.2, 0.25) is 5.91 Å². The normalized spacial score (nSPS) is 14.9. The lowest BCUT2D eigenvalue weighted by Crippen LogP contribution is -2.36. The topological polar surface area (TPSA) is 41.6 Å². The number of anilines is 1. The molecule has 110 valence electrons. The van der Waals surface area contributed by atoms with E-state index < -0.39 is 0 Å². The number of rotatable bonds is 6. The van der Waals surface area contributed by atoms with Crippen LogP contribution in [0.1, 0.15) is 32.6 Å². The molecule has 4 heteroatoms. The Morgan fingerprint density at radius 3 is 2.75 bits per heavy atom. The van der Waals surface area contributed by atoms with Gasteiger partial charge in [0.15, 0.2) is 0 Å². The summed E-state index contributed by atoms with van der Waals surface area (Å²) in [5.41, 5.74) is 0.959. The first-order valence-electron chi connectivity index (χ1n) is 7.54. The average Bonchev–Trinajstić information content (AvgIpc) is 2.50. The van der Waals surface area contributed by atoms with Gasteiger partial charge in [-0.15, -0.1) is 0 Å². The quantitative estimate of drug-likeness (QED) is 0.868. The predicted octanol–water partition coefficient (Wildman–Crippen LogP) is 2.90. The second kappa shape index (κ2) is 7.78. The molecule has 1 aromatic carbocycles. The van der Waals surface area contributed by atoms with Crippen LogP contribution in [-0.4, -0.2) is 37.0 Å². The third kappa shape index (κ3) is 4.15. The van der Waals surface area contributed by atoms with Crippen LogP contribution >= 0.6 is 0 Å². The summed E-state index contributed by atoms with van der Waals surface area (Å²) in [6, 6.07) is 7.85.